The molecule has 10 heteroatoms. The minimum Gasteiger partial charge on any atom is -0.462 e. The van der Waals surface area contributed by atoms with E-state index in [-0.39, 0.29) is 32.0 Å². The van der Waals surface area contributed by atoms with E-state index in [0.29, 0.717) is 23.9 Å². The molecule has 0 aliphatic heterocycles. The number of quaternary nitrogens is 1. The summed E-state index contributed by atoms with van der Waals surface area (Å²) in [6, 6.07) is 0. The van der Waals surface area contributed by atoms with E-state index in [9.17, 15) is 19.0 Å². The molecule has 0 aliphatic rings. The van der Waals surface area contributed by atoms with Crippen LogP contribution in [0.5, 0.6) is 0 Å². The molecule has 0 saturated carbocycles. The molecule has 9 nitrogen and oxygen atoms in total. The highest BCUT2D eigenvalue weighted by molar-refractivity contribution is 7.47. The van der Waals surface area contributed by atoms with E-state index in [2.05, 4.69) is 50.3 Å². The number of rotatable bonds is 38. The zero-order chi connectivity index (χ0) is 39.3. The molecule has 0 aliphatic carbocycles. The number of carbonyl (C=O) groups is 2. The van der Waals surface area contributed by atoms with Gasteiger partial charge in [0, 0.05) is 12.8 Å². The minimum atomic E-state index is -4.38. The Kier molecular flexibility index (Phi) is 34.7. The van der Waals surface area contributed by atoms with Crippen LogP contribution in [0.2, 0.25) is 0 Å². The maximum atomic E-state index is 12.6. The first-order valence-electron chi connectivity index (χ1n) is 21.2. The van der Waals surface area contributed by atoms with E-state index in [1.807, 2.05) is 21.1 Å². The molecule has 0 heterocycles. The summed E-state index contributed by atoms with van der Waals surface area (Å²) in [6.45, 7) is 4.34. The molecule has 310 valence electrons. The molecule has 2 atom stereocenters. The zero-order valence-electron chi connectivity index (χ0n) is 34.7. The third-order valence-electron chi connectivity index (χ3n) is 8.89. The molecule has 0 radical (unpaired) electrons. The highest BCUT2D eigenvalue weighted by Crippen LogP contribution is 2.43. The second kappa shape index (κ2) is 35.9. The summed E-state index contributed by atoms with van der Waals surface area (Å²) in [6.07, 6.45) is 39.0. The maximum Gasteiger partial charge on any atom is 0.472 e. The number of phosphoric ester groups is 1. The van der Waals surface area contributed by atoms with Crippen molar-refractivity contribution >= 4 is 19.8 Å². The molecular formula is C43H81NO8P+. The molecule has 0 bridgehead atoms. The van der Waals surface area contributed by atoms with Crippen LogP contribution in [0.25, 0.3) is 0 Å². The Labute approximate surface area is 325 Å². The Balaban J connectivity index is 4.43. The third kappa shape index (κ3) is 39.7. The van der Waals surface area contributed by atoms with Gasteiger partial charge in [0.15, 0.2) is 6.10 Å². The Morgan fingerprint density at radius 2 is 1.04 bits per heavy atom. The van der Waals surface area contributed by atoms with Crippen molar-refractivity contribution in [2.45, 2.75) is 180 Å². The van der Waals surface area contributed by atoms with Crippen LogP contribution in [-0.2, 0) is 32.7 Å². The summed E-state index contributed by atoms with van der Waals surface area (Å²) < 4.78 is 34.2. The van der Waals surface area contributed by atoms with Gasteiger partial charge in [-0.3, -0.25) is 18.6 Å². The van der Waals surface area contributed by atoms with Crippen LogP contribution in [0.3, 0.4) is 0 Å². The smallest absolute Gasteiger partial charge is 0.462 e. The molecule has 0 amide bonds. The van der Waals surface area contributed by atoms with Gasteiger partial charge in [0.25, 0.3) is 0 Å². The predicted molar refractivity (Wildman–Crippen MR) is 220 cm³/mol. The van der Waals surface area contributed by atoms with Crippen LogP contribution in [0.1, 0.15) is 174 Å². The van der Waals surface area contributed by atoms with Crippen LogP contribution in [0, 0.1) is 0 Å². The Bertz CT molecular complexity index is 1010. The fourth-order valence-corrected chi connectivity index (χ4v) is 6.24. The van der Waals surface area contributed by atoms with Gasteiger partial charge in [-0.1, -0.05) is 134 Å². The van der Waals surface area contributed by atoms with E-state index in [1.165, 1.54) is 64.2 Å². The fourth-order valence-electron chi connectivity index (χ4n) is 5.49. The Morgan fingerprint density at radius 3 is 1.58 bits per heavy atom. The van der Waals surface area contributed by atoms with E-state index in [0.717, 1.165) is 70.6 Å². The number of phosphoric acid groups is 1. The normalized spacial score (nSPS) is 14.0. The number of ether oxygens (including phenoxy) is 2. The standard InChI is InChI=1S/C43H80NO8P/c1-6-8-10-12-14-16-18-20-22-24-25-27-29-31-33-35-42(45)49-39-41(40-51-53(47,48)50-38-37-44(3,4)5)52-43(46)36-34-32-30-28-26-23-21-19-17-15-13-11-9-7-2/h13,15,19,21,24-25,41H,6-12,14,16-18,20,22-23,26-40H2,1-5H3/p+1/b15-13+,21-19+,25-24+/t41-/m1/s1. The number of allylic oxidation sites excluding steroid dienone is 6. The maximum absolute atomic E-state index is 12.6. The van der Waals surface area contributed by atoms with Crippen molar-refractivity contribution in [2.75, 3.05) is 47.5 Å². The lowest BCUT2D eigenvalue weighted by Crippen LogP contribution is -2.37. The fraction of sp³-hybridized carbons (Fsp3) is 0.814. The molecule has 0 aromatic heterocycles. The van der Waals surface area contributed by atoms with Gasteiger partial charge in [0.2, 0.25) is 0 Å². The molecule has 0 aromatic rings. The van der Waals surface area contributed by atoms with Crippen molar-refractivity contribution < 1.29 is 42.1 Å². The number of esters is 2. The van der Waals surface area contributed by atoms with Crippen molar-refractivity contribution in [3.8, 4) is 0 Å². The summed E-state index contributed by atoms with van der Waals surface area (Å²) in [5, 5.41) is 0. The number of nitrogens with zero attached hydrogens (tertiary/aromatic N) is 1. The molecular weight excluding hydrogens is 689 g/mol. The van der Waals surface area contributed by atoms with Crippen LogP contribution in [-0.4, -0.2) is 74.9 Å². The van der Waals surface area contributed by atoms with Crippen molar-refractivity contribution in [3.05, 3.63) is 36.5 Å². The average Bonchev–Trinajstić information content (AvgIpc) is 3.10. The van der Waals surface area contributed by atoms with Gasteiger partial charge in [-0.2, -0.15) is 0 Å². The van der Waals surface area contributed by atoms with Crippen molar-refractivity contribution in [3.63, 3.8) is 0 Å². The first-order valence-corrected chi connectivity index (χ1v) is 22.7. The van der Waals surface area contributed by atoms with Crippen molar-refractivity contribution in [2.24, 2.45) is 0 Å². The minimum absolute atomic E-state index is 0.0263. The van der Waals surface area contributed by atoms with E-state index >= 15 is 0 Å². The third-order valence-corrected chi connectivity index (χ3v) is 9.88. The summed E-state index contributed by atoms with van der Waals surface area (Å²) >= 11 is 0. The summed E-state index contributed by atoms with van der Waals surface area (Å²) in [5.74, 6) is -0.834. The monoisotopic (exact) mass is 771 g/mol. The number of hydrogen-bond acceptors (Lipinski definition) is 7. The topological polar surface area (TPSA) is 108 Å². The first kappa shape index (κ1) is 51.2. The molecule has 0 saturated heterocycles. The van der Waals surface area contributed by atoms with Gasteiger partial charge >= 0.3 is 19.8 Å². The van der Waals surface area contributed by atoms with Crippen molar-refractivity contribution in [1.29, 1.82) is 0 Å². The Morgan fingerprint density at radius 1 is 0.585 bits per heavy atom. The summed E-state index contributed by atoms with van der Waals surface area (Å²) in [5.41, 5.74) is 0. The van der Waals surface area contributed by atoms with Gasteiger partial charge in [0.1, 0.15) is 19.8 Å². The quantitative estimate of drug-likeness (QED) is 0.0217. The lowest BCUT2D eigenvalue weighted by atomic mass is 10.1. The van der Waals surface area contributed by atoms with Gasteiger partial charge in [0.05, 0.1) is 27.7 Å². The van der Waals surface area contributed by atoms with Crippen LogP contribution >= 0.6 is 7.82 Å². The lowest BCUT2D eigenvalue weighted by molar-refractivity contribution is -0.870. The molecule has 0 aromatic carbocycles. The largest absolute Gasteiger partial charge is 0.472 e. The van der Waals surface area contributed by atoms with Gasteiger partial charge in [-0.25, -0.2) is 4.57 Å². The second-order valence-electron chi connectivity index (χ2n) is 15.4. The average molecular weight is 771 g/mol. The predicted octanol–water partition coefficient (Wildman–Crippen LogP) is 11.7. The molecule has 53 heavy (non-hydrogen) atoms. The SMILES string of the molecule is CCCC/C=C/C/C=C/CCCCCCCC(=O)O[C@H](COC(=O)CCCCC/C=C/CCCCCCCCCC)COP(=O)(O)OCC[N+](C)(C)C. The summed E-state index contributed by atoms with van der Waals surface area (Å²) in [7, 11) is 1.46. The molecule has 0 spiro atoms. The van der Waals surface area contributed by atoms with Gasteiger partial charge in [-0.05, 0) is 64.2 Å². The van der Waals surface area contributed by atoms with Crippen LogP contribution in [0.15, 0.2) is 36.5 Å². The second-order valence-corrected chi connectivity index (χ2v) is 16.8. The molecule has 0 rings (SSSR count). The lowest BCUT2D eigenvalue weighted by Gasteiger charge is -2.24. The van der Waals surface area contributed by atoms with E-state index in [1.54, 1.807) is 0 Å². The molecule has 1 unspecified atom stereocenters. The van der Waals surface area contributed by atoms with Crippen molar-refractivity contribution in [1.82, 2.24) is 0 Å². The van der Waals surface area contributed by atoms with E-state index < -0.39 is 26.5 Å². The highest BCUT2D eigenvalue weighted by atomic mass is 31.2. The number of hydrogen-bond donors (Lipinski definition) is 1. The number of unbranched alkanes of at least 4 members (excludes halogenated alkanes) is 18. The Hall–Kier alpha value is -1.77. The number of carbonyl (C=O) groups excluding carboxylic acids is 2. The van der Waals surface area contributed by atoms with Gasteiger partial charge < -0.3 is 18.9 Å². The number of likely N-dealkylation sites (N-methyl/N-ethyl adjacent to an activating group) is 1. The summed E-state index contributed by atoms with van der Waals surface area (Å²) in [4.78, 5) is 35.3. The van der Waals surface area contributed by atoms with E-state index in [4.69, 9.17) is 18.5 Å². The van der Waals surface area contributed by atoms with Crippen LogP contribution in [0.4, 0.5) is 0 Å². The van der Waals surface area contributed by atoms with Crippen LogP contribution < -0.4 is 0 Å². The molecule has 0 fully saturated rings. The highest BCUT2D eigenvalue weighted by Gasteiger charge is 2.27. The van der Waals surface area contributed by atoms with Gasteiger partial charge in [-0.15, -0.1) is 0 Å². The molecule has 1 N–H and O–H groups in total. The first-order chi connectivity index (χ1) is 25.5. The zero-order valence-corrected chi connectivity index (χ0v) is 35.6.